The molecule has 0 aromatic rings. The summed E-state index contributed by atoms with van der Waals surface area (Å²) < 4.78 is 0. The van der Waals surface area contributed by atoms with Crippen LogP contribution in [0.4, 0.5) is 0 Å². The first-order valence-electron chi connectivity index (χ1n) is 15.2. The quantitative estimate of drug-likeness (QED) is 0.0280. The van der Waals surface area contributed by atoms with Crippen molar-refractivity contribution in [3.05, 3.63) is 0 Å². The van der Waals surface area contributed by atoms with E-state index in [1.54, 1.807) is 0 Å². The van der Waals surface area contributed by atoms with Gasteiger partial charge in [-0.05, 0) is 40.5 Å². The van der Waals surface area contributed by atoms with E-state index >= 15 is 0 Å². The van der Waals surface area contributed by atoms with Crippen molar-refractivity contribution in [3.63, 3.8) is 0 Å². The molecule has 17 N–H and O–H groups in total. The Bertz CT molecular complexity index is 1260. The van der Waals surface area contributed by atoms with Crippen LogP contribution < -0.4 is 49.1 Å². The number of rotatable bonds is 22. The van der Waals surface area contributed by atoms with Crippen molar-refractivity contribution in [3.8, 4) is 0 Å². The summed E-state index contributed by atoms with van der Waals surface area (Å²) >= 11 is 0. The zero-order valence-electron chi connectivity index (χ0n) is 27.9. The van der Waals surface area contributed by atoms with Gasteiger partial charge in [0.25, 0.3) is 0 Å². The van der Waals surface area contributed by atoms with Crippen LogP contribution in [0.1, 0.15) is 47.0 Å². The van der Waals surface area contributed by atoms with E-state index in [9.17, 15) is 58.8 Å². The van der Waals surface area contributed by atoms with Crippen LogP contribution in [0.3, 0.4) is 0 Å². The van der Waals surface area contributed by atoms with Crippen molar-refractivity contribution >= 4 is 53.3 Å². The molecular formula is C27H48N10O13. The number of aliphatic carboxylic acids is 2. The van der Waals surface area contributed by atoms with Crippen molar-refractivity contribution in [2.24, 2.45) is 22.2 Å². The predicted molar refractivity (Wildman–Crippen MR) is 171 cm³/mol. The van der Waals surface area contributed by atoms with E-state index < -0.39 is 115 Å². The predicted octanol–water partition coefficient (Wildman–Crippen LogP) is -7.37. The molecule has 23 nitrogen and oxygen atoms in total. The van der Waals surface area contributed by atoms with Crippen molar-refractivity contribution in [1.29, 1.82) is 0 Å². The number of hydrogen-bond acceptors (Lipinski definition) is 13. The zero-order chi connectivity index (χ0) is 38.9. The molecular weight excluding hydrogens is 672 g/mol. The summed E-state index contributed by atoms with van der Waals surface area (Å²) in [5.41, 5.74) is 16.1. The molecule has 0 spiro atoms. The average Bonchev–Trinajstić information content (AvgIpc) is 3.00. The van der Waals surface area contributed by atoms with E-state index in [0.29, 0.717) is 0 Å². The Morgan fingerprint density at radius 2 is 1.10 bits per heavy atom. The van der Waals surface area contributed by atoms with E-state index in [2.05, 4.69) is 36.9 Å². The SMILES string of the molecule is C[C@H](NC(=O)[C@H](CCCN=C(N)N)NC(=O)[C@@H](NC(=O)[C@H](CO)NC(=O)[C@H](C)NC(=O)[C@@H](N)CC(=O)O)[C@@H](C)O)C(=O)N[C@H](C(=O)O)[C@@H](C)O. The Kier molecular flexibility index (Phi) is 19.5. The molecule has 9 atom stereocenters. The van der Waals surface area contributed by atoms with Crippen molar-refractivity contribution in [1.82, 2.24) is 31.9 Å². The standard InChI is InChI=1S/C27H48N10O13/c1-10(32-22(45)14(28)8-17(41)42)20(43)35-16(9-38)24(47)36-18(12(3)39)25(48)34-15(6-5-7-31-27(29)30)23(46)33-11(2)21(44)37-19(13(4)40)26(49)50/h10-16,18-19,38-40H,5-9,28H2,1-4H3,(H,32,45)(H,33,46)(H,34,48)(H,35,43)(H,36,47)(H,37,44)(H,41,42)(H,49,50)(H4,29,30,31)/t10-,11-,12+,13+,14-,15-,16-,18-,19-/m0/s1. The fourth-order valence-corrected chi connectivity index (χ4v) is 3.90. The molecule has 0 heterocycles. The number of amides is 6. The molecule has 284 valence electrons. The lowest BCUT2D eigenvalue weighted by molar-refractivity contribution is -0.145. The van der Waals surface area contributed by atoms with Gasteiger partial charge in [-0.3, -0.25) is 38.6 Å². The Morgan fingerprint density at radius 1 is 0.640 bits per heavy atom. The molecule has 0 aromatic carbocycles. The maximum atomic E-state index is 13.2. The second kappa shape index (κ2) is 21.8. The molecule has 0 aliphatic rings. The van der Waals surface area contributed by atoms with Crippen molar-refractivity contribution in [2.45, 2.75) is 101 Å². The second-order valence-electron chi connectivity index (χ2n) is 11.2. The largest absolute Gasteiger partial charge is 0.481 e. The monoisotopic (exact) mass is 720 g/mol. The van der Waals surface area contributed by atoms with Gasteiger partial charge in [-0.1, -0.05) is 0 Å². The number of guanidine groups is 1. The average molecular weight is 721 g/mol. The van der Waals surface area contributed by atoms with Crippen LogP contribution in [0.25, 0.3) is 0 Å². The number of carboxylic acids is 2. The van der Waals surface area contributed by atoms with Crippen LogP contribution in [0.5, 0.6) is 0 Å². The summed E-state index contributed by atoms with van der Waals surface area (Å²) in [7, 11) is 0. The fraction of sp³-hybridized carbons (Fsp3) is 0.667. The lowest BCUT2D eigenvalue weighted by atomic mass is 10.1. The summed E-state index contributed by atoms with van der Waals surface area (Å²) in [5, 5.41) is 60.7. The highest BCUT2D eigenvalue weighted by atomic mass is 16.4. The number of aliphatic hydroxyl groups is 3. The molecule has 0 rings (SSSR count). The first kappa shape index (κ1) is 44.9. The van der Waals surface area contributed by atoms with Gasteiger partial charge in [-0.15, -0.1) is 0 Å². The molecule has 0 bridgehead atoms. The van der Waals surface area contributed by atoms with Crippen LogP contribution in [0.15, 0.2) is 4.99 Å². The number of nitrogens with zero attached hydrogens (tertiary/aromatic N) is 1. The Labute approximate surface area is 286 Å². The minimum atomic E-state index is -1.78. The molecule has 0 saturated heterocycles. The van der Waals surface area contributed by atoms with Gasteiger partial charge >= 0.3 is 11.9 Å². The first-order chi connectivity index (χ1) is 23.1. The smallest absolute Gasteiger partial charge is 0.328 e. The van der Waals surface area contributed by atoms with Gasteiger partial charge in [0.2, 0.25) is 35.4 Å². The molecule has 0 unspecified atom stereocenters. The molecule has 0 fully saturated rings. The minimum Gasteiger partial charge on any atom is -0.481 e. The highest BCUT2D eigenvalue weighted by Gasteiger charge is 2.34. The summed E-state index contributed by atoms with van der Waals surface area (Å²) in [5.74, 6) is -9.38. The van der Waals surface area contributed by atoms with E-state index in [1.807, 2.05) is 0 Å². The third-order valence-electron chi connectivity index (χ3n) is 6.74. The van der Waals surface area contributed by atoms with Gasteiger partial charge in [-0.25, -0.2) is 4.79 Å². The number of hydrogen-bond donors (Lipinski definition) is 14. The maximum Gasteiger partial charge on any atom is 0.328 e. The van der Waals surface area contributed by atoms with Gasteiger partial charge < -0.3 is 74.6 Å². The van der Waals surface area contributed by atoms with Gasteiger partial charge in [0.1, 0.15) is 30.2 Å². The van der Waals surface area contributed by atoms with Crippen LogP contribution in [0.2, 0.25) is 0 Å². The number of aliphatic imine (C=N–C) groups is 1. The summed E-state index contributed by atoms with van der Waals surface area (Å²) in [4.78, 5) is 102. The number of nitrogens with two attached hydrogens (primary N) is 3. The third kappa shape index (κ3) is 16.3. The molecule has 50 heavy (non-hydrogen) atoms. The highest BCUT2D eigenvalue weighted by Crippen LogP contribution is 2.04. The van der Waals surface area contributed by atoms with Crippen LogP contribution in [0, 0.1) is 0 Å². The topological polar surface area (TPSA) is 400 Å². The number of nitrogens with one attached hydrogen (secondary N) is 6. The molecule has 23 heteroatoms. The van der Waals surface area contributed by atoms with Gasteiger partial charge in [0.05, 0.1) is 31.3 Å². The van der Waals surface area contributed by atoms with Gasteiger partial charge in [0.15, 0.2) is 12.0 Å². The Balaban J connectivity index is 5.78. The normalized spacial score (nSPS) is 16.2. The molecule has 0 saturated carbocycles. The Hall–Kier alpha value is -5.13. The molecule has 0 aliphatic heterocycles. The fourth-order valence-electron chi connectivity index (χ4n) is 3.90. The highest BCUT2D eigenvalue weighted by molar-refractivity contribution is 5.97. The first-order valence-corrected chi connectivity index (χ1v) is 15.2. The molecule has 0 aromatic heterocycles. The second-order valence-corrected chi connectivity index (χ2v) is 11.2. The summed E-state index contributed by atoms with van der Waals surface area (Å²) in [6, 6.07) is -10.9. The number of aliphatic hydroxyl groups excluding tert-OH is 3. The minimum absolute atomic E-state index is 0.00548. The van der Waals surface area contributed by atoms with Crippen LogP contribution in [-0.4, -0.2) is 147 Å². The number of carbonyl (C=O) groups is 8. The maximum absolute atomic E-state index is 13.2. The van der Waals surface area contributed by atoms with E-state index in [0.717, 1.165) is 13.8 Å². The third-order valence-corrected chi connectivity index (χ3v) is 6.74. The van der Waals surface area contributed by atoms with E-state index in [-0.39, 0.29) is 25.3 Å². The van der Waals surface area contributed by atoms with Gasteiger partial charge in [0, 0.05) is 6.54 Å². The van der Waals surface area contributed by atoms with Crippen LogP contribution in [-0.2, 0) is 38.4 Å². The van der Waals surface area contributed by atoms with Crippen molar-refractivity contribution < 1.29 is 63.9 Å². The lowest BCUT2D eigenvalue weighted by Gasteiger charge is -2.27. The zero-order valence-corrected chi connectivity index (χ0v) is 27.9. The van der Waals surface area contributed by atoms with E-state index in [1.165, 1.54) is 13.8 Å². The lowest BCUT2D eigenvalue weighted by Crippen LogP contribution is -2.62. The molecule has 6 amide bonds. The van der Waals surface area contributed by atoms with E-state index in [4.69, 9.17) is 22.3 Å². The number of carboxylic acid groups (broad SMARTS) is 2. The summed E-state index contributed by atoms with van der Waals surface area (Å²) in [6.07, 6.45) is -3.88. The van der Waals surface area contributed by atoms with Gasteiger partial charge in [-0.2, -0.15) is 0 Å². The van der Waals surface area contributed by atoms with Crippen molar-refractivity contribution in [2.75, 3.05) is 13.2 Å². The van der Waals surface area contributed by atoms with Crippen LogP contribution >= 0.6 is 0 Å². The summed E-state index contributed by atoms with van der Waals surface area (Å²) in [6.45, 7) is 3.60. The molecule has 0 radical (unpaired) electrons. The number of carbonyl (C=O) groups excluding carboxylic acids is 6. The molecule has 0 aliphatic carbocycles. The Morgan fingerprint density at radius 3 is 1.56 bits per heavy atom.